The lowest BCUT2D eigenvalue weighted by Crippen LogP contribution is -2.43. The summed E-state index contributed by atoms with van der Waals surface area (Å²) >= 11 is 0. The van der Waals surface area contributed by atoms with E-state index in [1.165, 1.54) is 4.90 Å². The molecule has 7 nitrogen and oxygen atoms in total. The van der Waals surface area contributed by atoms with E-state index in [1.807, 2.05) is 6.07 Å². The maximum absolute atomic E-state index is 12.3. The van der Waals surface area contributed by atoms with E-state index in [0.29, 0.717) is 13.0 Å². The van der Waals surface area contributed by atoms with Gasteiger partial charge in [-0.2, -0.15) is 0 Å². The Balaban J connectivity index is 1.50. The molecule has 2 aliphatic rings. The van der Waals surface area contributed by atoms with Gasteiger partial charge in [-0.15, -0.1) is 0 Å². The van der Waals surface area contributed by atoms with Gasteiger partial charge in [0.2, 0.25) is 0 Å². The molecule has 26 heavy (non-hydrogen) atoms. The molecule has 1 heterocycles. The van der Waals surface area contributed by atoms with Crippen molar-refractivity contribution in [1.29, 1.82) is 0 Å². The van der Waals surface area contributed by atoms with Crippen LogP contribution in [0.5, 0.6) is 0 Å². The Morgan fingerprint density at radius 3 is 2.65 bits per heavy atom. The summed E-state index contributed by atoms with van der Waals surface area (Å²) in [5, 5.41) is 12.2. The fraction of sp³-hybridized carbons (Fsp3) is 0.556. The lowest BCUT2D eigenvalue weighted by Gasteiger charge is -2.23. The third-order valence-corrected chi connectivity index (χ3v) is 7.10. The van der Waals surface area contributed by atoms with Crippen molar-refractivity contribution in [3.63, 3.8) is 0 Å². The molecule has 1 aromatic carbocycles. The van der Waals surface area contributed by atoms with E-state index in [-0.39, 0.29) is 36.5 Å². The highest BCUT2D eigenvalue weighted by Crippen LogP contribution is 2.48. The number of rotatable bonds is 6. The molecule has 1 aromatic rings. The van der Waals surface area contributed by atoms with Gasteiger partial charge in [-0.1, -0.05) is 36.8 Å². The minimum atomic E-state index is -3.32. The molecule has 1 saturated carbocycles. The number of nitrogens with zero attached hydrogens (tertiary/aromatic N) is 1. The number of carbonyl (C=O) groups excluding carboxylic acids is 1. The lowest BCUT2D eigenvalue weighted by molar-refractivity contribution is -0.149. The number of carboxylic acids is 1. The Labute approximate surface area is 153 Å². The van der Waals surface area contributed by atoms with Crippen LogP contribution in [0.3, 0.4) is 0 Å². The van der Waals surface area contributed by atoms with Gasteiger partial charge in [0, 0.05) is 19.6 Å². The first-order chi connectivity index (χ1) is 12.3. The first kappa shape index (κ1) is 18.7. The maximum Gasteiger partial charge on any atom is 0.317 e. The van der Waals surface area contributed by atoms with Crippen molar-refractivity contribution < 1.29 is 23.1 Å². The second-order valence-electron chi connectivity index (χ2n) is 7.24. The summed E-state index contributed by atoms with van der Waals surface area (Å²) in [7, 11) is -3.32. The number of fused-ring (bicyclic) bond motifs is 1. The van der Waals surface area contributed by atoms with Gasteiger partial charge in [-0.25, -0.2) is 13.2 Å². The largest absolute Gasteiger partial charge is 0.481 e. The average molecular weight is 380 g/mol. The van der Waals surface area contributed by atoms with E-state index in [2.05, 4.69) is 5.32 Å². The zero-order valence-corrected chi connectivity index (χ0v) is 15.4. The normalized spacial score (nSPS) is 25.1. The van der Waals surface area contributed by atoms with Gasteiger partial charge in [0.05, 0.1) is 16.9 Å². The summed E-state index contributed by atoms with van der Waals surface area (Å²) in [5.41, 5.74) is -0.105. The summed E-state index contributed by atoms with van der Waals surface area (Å²) in [6.07, 6.45) is 2.30. The van der Waals surface area contributed by atoms with Crippen molar-refractivity contribution in [2.75, 3.05) is 25.4 Å². The molecule has 1 saturated heterocycles. The minimum absolute atomic E-state index is 0.00689. The third kappa shape index (κ3) is 3.85. The highest BCUT2D eigenvalue weighted by molar-refractivity contribution is 7.90. The standard InChI is InChI=1S/C18H24N2O5S/c21-16(22)18-8-4-7-15(18)11-20(13-18)17(23)19-9-10-26(24,25)12-14-5-2-1-3-6-14/h1-3,5-6,15H,4,7-13H2,(H,19,23)(H,21,22)/t15-,18+/m0/s1. The number of aliphatic carboxylic acids is 1. The topological polar surface area (TPSA) is 104 Å². The fourth-order valence-electron chi connectivity index (χ4n) is 4.12. The number of carboxylic acid groups (broad SMARTS) is 1. The molecule has 142 valence electrons. The highest BCUT2D eigenvalue weighted by Gasteiger charge is 2.55. The van der Waals surface area contributed by atoms with Gasteiger partial charge < -0.3 is 15.3 Å². The molecule has 2 atom stereocenters. The number of amides is 2. The molecule has 2 fully saturated rings. The average Bonchev–Trinajstić information content (AvgIpc) is 3.13. The second kappa shape index (κ2) is 7.26. The van der Waals surface area contributed by atoms with Crippen LogP contribution in [0.1, 0.15) is 24.8 Å². The van der Waals surface area contributed by atoms with Gasteiger partial charge in [0.1, 0.15) is 0 Å². The number of nitrogens with one attached hydrogen (secondary N) is 1. The van der Waals surface area contributed by atoms with E-state index in [4.69, 9.17) is 0 Å². The highest BCUT2D eigenvalue weighted by atomic mass is 32.2. The number of sulfone groups is 1. The number of carbonyl (C=O) groups is 2. The first-order valence-electron chi connectivity index (χ1n) is 8.83. The molecule has 1 aliphatic carbocycles. The zero-order chi connectivity index (χ0) is 18.8. The van der Waals surface area contributed by atoms with Gasteiger partial charge in [0.15, 0.2) is 9.84 Å². The first-order valence-corrected chi connectivity index (χ1v) is 10.7. The molecule has 0 spiro atoms. The second-order valence-corrected chi connectivity index (χ2v) is 9.42. The van der Waals surface area contributed by atoms with Crippen LogP contribution < -0.4 is 5.32 Å². The predicted octanol–water partition coefficient (Wildman–Crippen LogP) is 1.50. The van der Waals surface area contributed by atoms with Crippen LogP contribution in [-0.2, 0) is 20.4 Å². The summed E-state index contributed by atoms with van der Waals surface area (Å²) in [6, 6.07) is 8.53. The quantitative estimate of drug-likeness (QED) is 0.778. The number of benzene rings is 1. The van der Waals surface area contributed by atoms with Crippen LogP contribution in [0.25, 0.3) is 0 Å². The van der Waals surface area contributed by atoms with Crippen molar-refractivity contribution in [1.82, 2.24) is 10.2 Å². The molecule has 8 heteroatoms. The Kier molecular flexibility index (Phi) is 5.22. The Bertz CT molecular complexity index is 780. The van der Waals surface area contributed by atoms with Crippen LogP contribution in [-0.4, -0.2) is 55.8 Å². The molecule has 2 N–H and O–H groups in total. The fourth-order valence-corrected chi connectivity index (χ4v) is 5.38. The Morgan fingerprint density at radius 2 is 2.00 bits per heavy atom. The molecule has 2 amide bonds. The minimum Gasteiger partial charge on any atom is -0.481 e. The van der Waals surface area contributed by atoms with E-state index < -0.39 is 21.2 Å². The summed E-state index contributed by atoms with van der Waals surface area (Å²) in [6.45, 7) is 0.653. The lowest BCUT2D eigenvalue weighted by atomic mass is 9.81. The van der Waals surface area contributed by atoms with Gasteiger partial charge in [0.25, 0.3) is 0 Å². The molecule has 0 radical (unpaired) electrons. The number of hydrogen-bond acceptors (Lipinski definition) is 4. The molecule has 0 bridgehead atoms. The van der Waals surface area contributed by atoms with E-state index in [9.17, 15) is 23.1 Å². The van der Waals surface area contributed by atoms with Crippen molar-refractivity contribution in [2.24, 2.45) is 11.3 Å². The molecule has 1 aliphatic heterocycles. The molecular formula is C18H24N2O5S. The van der Waals surface area contributed by atoms with Crippen LogP contribution in [0.2, 0.25) is 0 Å². The Morgan fingerprint density at radius 1 is 1.27 bits per heavy atom. The van der Waals surface area contributed by atoms with E-state index in [1.54, 1.807) is 24.3 Å². The van der Waals surface area contributed by atoms with Gasteiger partial charge in [-0.05, 0) is 24.3 Å². The zero-order valence-electron chi connectivity index (χ0n) is 14.6. The summed E-state index contributed by atoms with van der Waals surface area (Å²) in [5.74, 6) is -1.04. The van der Waals surface area contributed by atoms with E-state index in [0.717, 1.165) is 18.4 Å². The van der Waals surface area contributed by atoms with Crippen LogP contribution in [0, 0.1) is 11.3 Å². The third-order valence-electron chi connectivity index (χ3n) is 5.50. The maximum atomic E-state index is 12.3. The van der Waals surface area contributed by atoms with Crippen LogP contribution in [0.15, 0.2) is 30.3 Å². The molecule has 3 rings (SSSR count). The molecule has 0 unspecified atom stereocenters. The van der Waals surface area contributed by atoms with Crippen LogP contribution in [0.4, 0.5) is 4.79 Å². The summed E-state index contributed by atoms with van der Waals surface area (Å²) < 4.78 is 24.3. The van der Waals surface area contributed by atoms with Crippen molar-refractivity contribution in [3.05, 3.63) is 35.9 Å². The predicted molar refractivity (Wildman–Crippen MR) is 96.3 cm³/mol. The monoisotopic (exact) mass is 380 g/mol. The number of urea groups is 1. The SMILES string of the molecule is O=C(NCCS(=O)(=O)Cc1ccccc1)N1C[C@@H]2CCC[C@@]2(C(=O)O)C1. The van der Waals surface area contributed by atoms with E-state index >= 15 is 0 Å². The Hall–Kier alpha value is -2.09. The molecule has 0 aromatic heterocycles. The smallest absolute Gasteiger partial charge is 0.317 e. The van der Waals surface area contributed by atoms with Crippen molar-refractivity contribution in [2.45, 2.75) is 25.0 Å². The van der Waals surface area contributed by atoms with Gasteiger partial charge >= 0.3 is 12.0 Å². The number of hydrogen-bond donors (Lipinski definition) is 2. The van der Waals surface area contributed by atoms with Crippen molar-refractivity contribution in [3.8, 4) is 0 Å². The van der Waals surface area contributed by atoms with Gasteiger partial charge in [-0.3, -0.25) is 4.79 Å². The molecular weight excluding hydrogens is 356 g/mol. The number of likely N-dealkylation sites (tertiary alicyclic amines) is 1. The van der Waals surface area contributed by atoms with Crippen LogP contribution >= 0.6 is 0 Å². The summed E-state index contributed by atoms with van der Waals surface area (Å²) in [4.78, 5) is 25.5. The van der Waals surface area contributed by atoms with Crippen molar-refractivity contribution >= 4 is 21.8 Å².